The van der Waals surface area contributed by atoms with Crippen LogP contribution in [0.2, 0.25) is 0 Å². The number of ether oxygens (including phenoxy) is 1. The zero-order chi connectivity index (χ0) is 14.5. The molecule has 1 aromatic carbocycles. The minimum atomic E-state index is -0.0282. The fraction of sp³-hybridized carbons (Fsp3) is 0.562. The van der Waals surface area contributed by atoms with Crippen LogP contribution in [0.25, 0.3) is 0 Å². The first-order valence-electron chi connectivity index (χ1n) is 7.30. The Balaban J connectivity index is 2.05. The van der Waals surface area contributed by atoms with Crippen LogP contribution in [0.4, 0.5) is 0 Å². The van der Waals surface area contributed by atoms with Crippen molar-refractivity contribution in [2.45, 2.75) is 32.2 Å². The number of amides is 1. The Morgan fingerprint density at radius 3 is 2.55 bits per heavy atom. The molecule has 2 rings (SSSR count). The molecule has 0 radical (unpaired) electrons. The highest BCUT2D eigenvalue weighted by molar-refractivity contribution is 5.78. The molecule has 110 valence electrons. The van der Waals surface area contributed by atoms with E-state index in [0.29, 0.717) is 12.5 Å². The summed E-state index contributed by atoms with van der Waals surface area (Å²) in [6.45, 7) is 2.48. The molecule has 0 aromatic heterocycles. The lowest BCUT2D eigenvalue weighted by molar-refractivity contribution is -0.125. The number of rotatable bonds is 7. The van der Waals surface area contributed by atoms with Gasteiger partial charge in [0.2, 0.25) is 5.91 Å². The monoisotopic (exact) mass is 276 g/mol. The summed E-state index contributed by atoms with van der Waals surface area (Å²) in [5, 5.41) is 3.18. The van der Waals surface area contributed by atoms with Crippen LogP contribution in [-0.4, -0.2) is 19.6 Å². The summed E-state index contributed by atoms with van der Waals surface area (Å²) in [5.74, 6) is 1.48. The van der Waals surface area contributed by atoms with E-state index in [-0.39, 0.29) is 17.9 Å². The molecule has 0 saturated heterocycles. The van der Waals surface area contributed by atoms with Crippen LogP contribution in [0.1, 0.15) is 37.8 Å². The Kier molecular flexibility index (Phi) is 5.01. The Morgan fingerprint density at radius 2 is 2.05 bits per heavy atom. The van der Waals surface area contributed by atoms with Gasteiger partial charge in [0.25, 0.3) is 0 Å². The zero-order valence-corrected chi connectivity index (χ0v) is 12.3. The van der Waals surface area contributed by atoms with E-state index in [2.05, 4.69) is 5.32 Å². The topological polar surface area (TPSA) is 64.3 Å². The summed E-state index contributed by atoms with van der Waals surface area (Å²) in [4.78, 5) is 12.2. The molecule has 0 bridgehead atoms. The lowest BCUT2D eigenvalue weighted by atomic mass is 10.00. The average molecular weight is 276 g/mol. The molecule has 2 unspecified atom stereocenters. The molecular weight excluding hydrogens is 252 g/mol. The van der Waals surface area contributed by atoms with E-state index in [1.165, 1.54) is 12.8 Å². The number of hydrogen-bond donors (Lipinski definition) is 2. The molecule has 20 heavy (non-hydrogen) atoms. The fourth-order valence-corrected chi connectivity index (χ4v) is 2.39. The number of nitrogens with one attached hydrogen (secondary N) is 1. The second-order valence-corrected chi connectivity index (χ2v) is 5.58. The SMILES string of the molecule is COc1ccc(C(NC(=O)C(C)CCN)C2CC2)cc1. The Labute approximate surface area is 120 Å². The van der Waals surface area contributed by atoms with E-state index in [1.54, 1.807) is 7.11 Å². The van der Waals surface area contributed by atoms with Gasteiger partial charge in [-0.3, -0.25) is 4.79 Å². The smallest absolute Gasteiger partial charge is 0.223 e. The lowest BCUT2D eigenvalue weighted by Crippen LogP contribution is -2.34. The molecule has 4 heteroatoms. The van der Waals surface area contributed by atoms with Crippen LogP contribution in [0.5, 0.6) is 5.75 Å². The molecular formula is C16H24N2O2. The first kappa shape index (κ1) is 14.9. The number of carbonyl (C=O) groups is 1. The van der Waals surface area contributed by atoms with Gasteiger partial charge in [0.1, 0.15) is 5.75 Å². The second kappa shape index (κ2) is 6.75. The number of carbonyl (C=O) groups excluding carboxylic acids is 1. The molecule has 1 saturated carbocycles. The molecule has 1 aromatic rings. The molecule has 0 aliphatic heterocycles. The molecule has 0 spiro atoms. The van der Waals surface area contributed by atoms with Crippen molar-refractivity contribution < 1.29 is 9.53 Å². The van der Waals surface area contributed by atoms with Crippen molar-refractivity contribution in [2.75, 3.05) is 13.7 Å². The number of methoxy groups -OCH3 is 1. The van der Waals surface area contributed by atoms with E-state index in [4.69, 9.17) is 10.5 Å². The summed E-state index contributed by atoms with van der Waals surface area (Å²) in [5.41, 5.74) is 6.67. The number of benzene rings is 1. The van der Waals surface area contributed by atoms with E-state index in [9.17, 15) is 4.79 Å². The summed E-state index contributed by atoms with van der Waals surface area (Å²) in [6, 6.07) is 8.08. The summed E-state index contributed by atoms with van der Waals surface area (Å²) >= 11 is 0. The highest BCUT2D eigenvalue weighted by Crippen LogP contribution is 2.41. The van der Waals surface area contributed by atoms with Gasteiger partial charge in [-0.2, -0.15) is 0 Å². The van der Waals surface area contributed by atoms with E-state index in [1.807, 2.05) is 31.2 Å². The van der Waals surface area contributed by atoms with Crippen molar-refractivity contribution in [3.8, 4) is 5.75 Å². The molecule has 1 aliphatic rings. The van der Waals surface area contributed by atoms with E-state index >= 15 is 0 Å². The summed E-state index contributed by atoms with van der Waals surface area (Å²) < 4.78 is 5.18. The van der Waals surface area contributed by atoms with Crippen LogP contribution in [0.15, 0.2) is 24.3 Å². The van der Waals surface area contributed by atoms with Gasteiger partial charge >= 0.3 is 0 Å². The second-order valence-electron chi connectivity index (χ2n) is 5.58. The number of hydrogen-bond acceptors (Lipinski definition) is 3. The fourth-order valence-electron chi connectivity index (χ4n) is 2.39. The highest BCUT2D eigenvalue weighted by atomic mass is 16.5. The van der Waals surface area contributed by atoms with Gasteiger partial charge in [-0.25, -0.2) is 0 Å². The molecule has 1 fully saturated rings. The molecule has 2 atom stereocenters. The molecule has 4 nitrogen and oxygen atoms in total. The largest absolute Gasteiger partial charge is 0.497 e. The average Bonchev–Trinajstić information content (AvgIpc) is 3.29. The minimum absolute atomic E-state index is 0.0282. The maximum absolute atomic E-state index is 12.2. The van der Waals surface area contributed by atoms with Crippen molar-refractivity contribution in [1.29, 1.82) is 0 Å². The molecule has 3 N–H and O–H groups in total. The van der Waals surface area contributed by atoms with Crippen LogP contribution in [0, 0.1) is 11.8 Å². The molecule has 1 amide bonds. The van der Waals surface area contributed by atoms with Crippen molar-refractivity contribution in [3.05, 3.63) is 29.8 Å². The Morgan fingerprint density at radius 1 is 1.40 bits per heavy atom. The zero-order valence-electron chi connectivity index (χ0n) is 12.3. The standard InChI is InChI=1S/C16H24N2O2/c1-11(9-10-17)16(19)18-15(12-3-4-12)13-5-7-14(20-2)8-6-13/h5-8,11-12,15H,3-4,9-10,17H2,1-2H3,(H,18,19). The van der Waals surface area contributed by atoms with Crippen LogP contribution < -0.4 is 15.8 Å². The maximum Gasteiger partial charge on any atom is 0.223 e. The predicted molar refractivity (Wildman–Crippen MR) is 79.4 cm³/mol. The van der Waals surface area contributed by atoms with E-state index in [0.717, 1.165) is 17.7 Å². The normalized spacial score (nSPS) is 17.4. The highest BCUT2D eigenvalue weighted by Gasteiger charge is 2.34. The maximum atomic E-state index is 12.2. The van der Waals surface area contributed by atoms with Gasteiger partial charge in [0.05, 0.1) is 13.2 Å². The van der Waals surface area contributed by atoms with E-state index < -0.39 is 0 Å². The first-order valence-corrected chi connectivity index (χ1v) is 7.30. The summed E-state index contributed by atoms with van der Waals surface area (Å²) in [7, 11) is 1.66. The molecule has 1 aliphatic carbocycles. The van der Waals surface area contributed by atoms with Crippen molar-refractivity contribution in [1.82, 2.24) is 5.32 Å². The molecule has 0 heterocycles. The van der Waals surface area contributed by atoms with Gasteiger partial charge in [-0.1, -0.05) is 19.1 Å². The van der Waals surface area contributed by atoms with Crippen molar-refractivity contribution in [3.63, 3.8) is 0 Å². The predicted octanol–water partition coefficient (Wildman–Crippen LogP) is 2.25. The van der Waals surface area contributed by atoms with Gasteiger partial charge in [-0.15, -0.1) is 0 Å². The van der Waals surface area contributed by atoms with Crippen LogP contribution in [-0.2, 0) is 4.79 Å². The van der Waals surface area contributed by atoms with Crippen molar-refractivity contribution >= 4 is 5.91 Å². The summed E-state index contributed by atoms with van der Waals surface area (Å²) in [6.07, 6.45) is 3.09. The van der Waals surface area contributed by atoms with Gasteiger partial charge in [0.15, 0.2) is 0 Å². The Bertz CT molecular complexity index is 440. The minimum Gasteiger partial charge on any atom is -0.497 e. The first-order chi connectivity index (χ1) is 9.65. The third-order valence-corrected chi connectivity index (χ3v) is 3.91. The van der Waals surface area contributed by atoms with Gasteiger partial charge in [-0.05, 0) is 49.4 Å². The third-order valence-electron chi connectivity index (χ3n) is 3.91. The van der Waals surface area contributed by atoms with Crippen LogP contribution >= 0.6 is 0 Å². The van der Waals surface area contributed by atoms with Gasteiger partial charge in [0, 0.05) is 5.92 Å². The van der Waals surface area contributed by atoms with Gasteiger partial charge < -0.3 is 15.8 Å². The third kappa shape index (κ3) is 3.73. The van der Waals surface area contributed by atoms with Crippen LogP contribution in [0.3, 0.4) is 0 Å². The Hall–Kier alpha value is -1.55. The number of nitrogens with two attached hydrogens (primary N) is 1. The van der Waals surface area contributed by atoms with Crippen molar-refractivity contribution in [2.24, 2.45) is 17.6 Å². The quantitative estimate of drug-likeness (QED) is 0.803. The lowest BCUT2D eigenvalue weighted by Gasteiger charge is -2.21.